The monoisotopic (exact) mass is 260 g/mol. The predicted octanol–water partition coefficient (Wildman–Crippen LogP) is 1.69. The highest BCUT2D eigenvalue weighted by molar-refractivity contribution is 5.51. The molecule has 0 aliphatic rings. The molecule has 0 saturated heterocycles. The van der Waals surface area contributed by atoms with Gasteiger partial charge < -0.3 is 5.43 Å². The van der Waals surface area contributed by atoms with Crippen LogP contribution >= 0.6 is 0 Å². The van der Waals surface area contributed by atoms with Gasteiger partial charge in [0.05, 0.1) is 5.69 Å². The summed E-state index contributed by atoms with van der Waals surface area (Å²) in [4.78, 5) is 8.77. The fraction of sp³-hybridized carbons (Fsp3) is 0.462. The number of hydrogen-bond acceptors (Lipinski definition) is 5. The lowest BCUT2D eigenvalue weighted by molar-refractivity contribution is 0.756. The summed E-state index contributed by atoms with van der Waals surface area (Å²) in [7, 11) is 0. The van der Waals surface area contributed by atoms with Crippen LogP contribution in [0.1, 0.15) is 36.6 Å². The van der Waals surface area contributed by atoms with Crippen molar-refractivity contribution >= 4 is 5.82 Å². The standard InChI is InChI=1S/C13H20N6/c1-5-10-7-11(6-2)19(18-10)13-8(3)12(17-14)15-9(4)16-13/h7H,5-6,14H2,1-4H3,(H,15,16,17). The van der Waals surface area contributed by atoms with Crippen molar-refractivity contribution in [2.24, 2.45) is 5.84 Å². The number of nitrogens with two attached hydrogens (primary N) is 1. The van der Waals surface area contributed by atoms with Gasteiger partial charge in [0, 0.05) is 11.3 Å². The number of anilines is 1. The quantitative estimate of drug-likeness (QED) is 0.646. The zero-order valence-corrected chi connectivity index (χ0v) is 11.9. The van der Waals surface area contributed by atoms with Crippen molar-refractivity contribution in [2.75, 3.05) is 5.43 Å². The van der Waals surface area contributed by atoms with Crippen molar-refractivity contribution < 1.29 is 0 Å². The van der Waals surface area contributed by atoms with Crippen LogP contribution in [0.25, 0.3) is 5.82 Å². The maximum atomic E-state index is 5.50. The summed E-state index contributed by atoms with van der Waals surface area (Å²) in [6.07, 6.45) is 1.81. The van der Waals surface area contributed by atoms with Gasteiger partial charge in [-0.05, 0) is 32.8 Å². The van der Waals surface area contributed by atoms with Crippen molar-refractivity contribution in [3.63, 3.8) is 0 Å². The first-order chi connectivity index (χ1) is 9.10. The second-order valence-electron chi connectivity index (χ2n) is 4.46. The molecule has 2 heterocycles. The van der Waals surface area contributed by atoms with Crippen LogP contribution in [0.15, 0.2) is 6.07 Å². The third-order valence-electron chi connectivity index (χ3n) is 3.13. The van der Waals surface area contributed by atoms with Gasteiger partial charge in [0.15, 0.2) is 5.82 Å². The summed E-state index contributed by atoms with van der Waals surface area (Å²) < 4.78 is 1.89. The van der Waals surface area contributed by atoms with E-state index in [2.05, 4.69) is 40.4 Å². The van der Waals surface area contributed by atoms with E-state index in [1.165, 1.54) is 0 Å². The topological polar surface area (TPSA) is 81.7 Å². The molecular formula is C13H20N6. The number of aromatic nitrogens is 4. The zero-order valence-electron chi connectivity index (χ0n) is 11.9. The highest BCUT2D eigenvalue weighted by atomic mass is 15.3. The normalized spacial score (nSPS) is 10.8. The molecule has 0 amide bonds. The molecule has 2 aromatic rings. The van der Waals surface area contributed by atoms with E-state index >= 15 is 0 Å². The number of rotatable bonds is 4. The molecule has 0 aliphatic carbocycles. The molecule has 0 aromatic carbocycles. The minimum Gasteiger partial charge on any atom is -0.308 e. The predicted molar refractivity (Wildman–Crippen MR) is 75.2 cm³/mol. The van der Waals surface area contributed by atoms with Gasteiger partial charge in [0.1, 0.15) is 11.6 Å². The average Bonchev–Trinajstić information content (AvgIpc) is 2.84. The first-order valence-electron chi connectivity index (χ1n) is 6.50. The first kappa shape index (κ1) is 13.5. The molecule has 0 saturated carbocycles. The molecule has 19 heavy (non-hydrogen) atoms. The van der Waals surface area contributed by atoms with Crippen LogP contribution in [0.4, 0.5) is 5.82 Å². The Morgan fingerprint density at radius 2 is 1.95 bits per heavy atom. The fourth-order valence-corrected chi connectivity index (χ4v) is 2.04. The van der Waals surface area contributed by atoms with Crippen molar-refractivity contribution in [1.29, 1.82) is 0 Å². The minimum absolute atomic E-state index is 0.637. The number of hydrazine groups is 1. The Morgan fingerprint density at radius 1 is 1.21 bits per heavy atom. The van der Waals surface area contributed by atoms with E-state index in [1.54, 1.807) is 0 Å². The van der Waals surface area contributed by atoms with Crippen molar-refractivity contribution in [3.05, 3.63) is 28.8 Å². The summed E-state index contributed by atoms with van der Waals surface area (Å²) in [5, 5.41) is 4.60. The van der Waals surface area contributed by atoms with E-state index in [4.69, 9.17) is 5.84 Å². The van der Waals surface area contributed by atoms with E-state index in [0.717, 1.165) is 35.6 Å². The van der Waals surface area contributed by atoms with E-state index < -0.39 is 0 Å². The molecular weight excluding hydrogens is 240 g/mol. The van der Waals surface area contributed by atoms with Crippen LogP contribution in [0.2, 0.25) is 0 Å². The van der Waals surface area contributed by atoms with Crippen molar-refractivity contribution in [1.82, 2.24) is 19.7 Å². The molecule has 0 bridgehead atoms. The second kappa shape index (κ2) is 5.36. The molecule has 0 radical (unpaired) electrons. The van der Waals surface area contributed by atoms with E-state index in [9.17, 15) is 0 Å². The number of nitrogens with one attached hydrogen (secondary N) is 1. The lowest BCUT2D eigenvalue weighted by Crippen LogP contribution is -2.15. The molecule has 102 valence electrons. The van der Waals surface area contributed by atoms with Gasteiger partial charge in [-0.2, -0.15) is 5.10 Å². The Labute approximate surface area is 113 Å². The molecule has 0 fully saturated rings. The minimum atomic E-state index is 0.637. The average molecular weight is 260 g/mol. The molecule has 0 spiro atoms. The molecule has 2 aromatic heterocycles. The smallest absolute Gasteiger partial charge is 0.162 e. The van der Waals surface area contributed by atoms with Gasteiger partial charge in [-0.15, -0.1) is 0 Å². The Morgan fingerprint density at radius 3 is 2.53 bits per heavy atom. The lowest BCUT2D eigenvalue weighted by atomic mass is 10.2. The summed E-state index contributed by atoms with van der Waals surface area (Å²) in [5.41, 5.74) is 5.71. The maximum absolute atomic E-state index is 5.50. The Bertz CT molecular complexity index is 587. The largest absolute Gasteiger partial charge is 0.308 e. The number of aryl methyl sites for hydroxylation is 3. The zero-order chi connectivity index (χ0) is 14.0. The van der Waals surface area contributed by atoms with Gasteiger partial charge in [-0.1, -0.05) is 13.8 Å². The van der Waals surface area contributed by atoms with Gasteiger partial charge in [-0.3, -0.25) is 0 Å². The molecule has 2 rings (SSSR count). The number of nitrogen functional groups attached to an aromatic ring is 1. The van der Waals surface area contributed by atoms with E-state index in [1.807, 2.05) is 18.5 Å². The molecule has 6 heteroatoms. The van der Waals surface area contributed by atoms with Crippen LogP contribution in [0.3, 0.4) is 0 Å². The highest BCUT2D eigenvalue weighted by Gasteiger charge is 2.14. The lowest BCUT2D eigenvalue weighted by Gasteiger charge is -2.12. The molecule has 0 aliphatic heterocycles. The Balaban J connectivity index is 2.64. The number of nitrogens with zero attached hydrogens (tertiary/aromatic N) is 4. The number of hydrogen-bond donors (Lipinski definition) is 2. The maximum Gasteiger partial charge on any atom is 0.162 e. The third-order valence-corrected chi connectivity index (χ3v) is 3.13. The second-order valence-corrected chi connectivity index (χ2v) is 4.46. The van der Waals surface area contributed by atoms with E-state index in [-0.39, 0.29) is 0 Å². The van der Waals surface area contributed by atoms with Gasteiger partial charge >= 0.3 is 0 Å². The van der Waals surface area contributed by atoms with Crippen LogP contribution in [-0.2, 0) is 12.8 Å². The van der Waals surface area contributed by atoms with Crippen molar-refractivity contribution in [2.45, 2.75) is 40.5 Å². The fourth-order valence-electron chi connectivity index (χ4n) is 2.04. The molecule has 6 nitrogen and oxygen atoms in total. The SMILES string of the molecule is CCc1cc(CC)n(-c2nc(C)nc(NN)c2C)n1. The Hall–Kier alpha value is -1.95. The summed E-state index contributed by atoms with van der Waals surface area (Å²) in [5.74, 6) is 7.60. The van der Waals surface area contributed by atoms with Gasteiger partial charge in [0.25, 0.3) is 0 Å². The van der Waals surface area contributed by atoms with Crippen LogP contribution in [-0.4, -0.2) is 19.7 Å². The first-order valence-corrected chi connectivity index (χ1v) is 6.50. The molecule has 3 N–H and O–H groups in total. The van der Waals surface area contributed by atoms with Crippen LogP contribution in [0.5, 0.6) is 0 Å². The third kappa shape index (κ3) is 2.44. The molecule has 0 atom stereocenters. The van der Waals surface area contributed by atoms with Crippen LogP contribution < -0.4 is 11.3 Å². The Kier molecular flexibility index (Phi) is 3.80. The summed E-state index contributed by atoms with van der Waals surface area (Å²) in [6.45, 7) is 7.99. The van der Waals surface area contributed by atoms with Crippen molar-refractivity contribution in [3.8, 4) is 5.82 Å². The van der Waals surface area contributed by atoms with Crippen LogP contribution in [0, 0.1) is 13.8 Å². The molecule has 0 unspecified atom stereocenters. The van der Waals surface area contributed by atoms with Gasteiger partial charge in [0.2, 0.25) is 0 Å². The highest BCUT2D eigenvalue weighted by Crippen LogP contribution is 2.20. The van der Waals surface area contributed by atoms with Gasteiger partial charge in [-0.25, -0.2) is 20.5 Å². The summed E-state index contributed by atoms with van der Waals surface area (Å²) in [6, 6.07) is 2.12. The van der Waals surface area contributed by atoms with E-state index in [0.29, 0.717) is 11.6 Å². The summed E-state index contributed by atoms with van der Waals surface area (Å²) >= 11 is 0.